The molecule has 1 aliphatic rings. The second-order valence-corrected chi connectivity index (χ2v) is 9.32. The zero-order valence-corrected chi connectivity index (χ0v) is 17.3. The Kier molecular flexibility index (Phi) is 5.55. The van der Waals surface area contributed by atoms with Crippen LogP contribution in [0.25, 0.3) is 0 Å². The Balaban J connectivity index is 1.66. The lowest BCUT2D eigenvalue weighted by Gasteiger charge is -2.34. The van der Waals surface area contributed by atoms with E-state index in [1.807, 2.05) is 14.0 Å². The summed E-state index contributed by atoms with van der Waals surface area (Å²) in [6, 6.07) is 6.75. The molecule has 1 aliphatic heterocycles. The van der Waals surface area contributed by atoms with Crippen LogP contribution < -0.4 is 0 Å². The highest BCUT2D eigenvalue weighted by Gasteiger charge is 2.29. The molecule has 0 bridgehead atoms. The number of benzene rings is 1. The smallest absolute Gasteiger partial charge is 0.243 e. The molecule has 0 amide bonds. The van der Waals surface area contributed by atoms with E-state index in [0.29, 0.717) is 42.8 Å². The van der Waals surface area contributed by atoms with Gasteiger partial charge in [0, 0.05) is 49.8 Å². The minimum Gasteiger partial charge on any atom is -0.296 e. The number of aryl methyl sites for hydroxylation is 2. The molecule has 1 aromatic carbocycles. The van der Waals surface area contributed by atoms with E-state index < -0.39 is 10.0 Å². The Hall–Kier alpha value is -0.930. The van der Waals surface area contributed by atoms with Crippen LogP contribution in [0.4, 0.5) is 0 Å². The van der Waals surface area contributed by atoms with E-state index in [1.165, 1.54) is 0 Å². The molecule has 6 nitrogen and oxygen atoms in total. The van der Waals surface area contributed by atoms with Gasteiger partial charge in [-0.25, -0.2) is 8.42 Å². The highest BCUT2D eigenvalue weighted by molar-refractivity contribution is 9.10. The number of sulfonamides is 1. The minimum atomic E-state index is -3.44. The molecule has 136 valence electrons. The predicted molar refractivity (Wildman–Crippen MR) is 101 cm³/mol. The van der Waals surface area contributed by atoms with Crippen LogP contribution in [0.1, 0.15) is 11.3 Å². The number of piperazine rings is 1. The fourth-order valence-corrected chi connectivity index (χ4v) is 4.88. The molecule has 0 aliphatic carbocycles. The van der Waals surface area contributed by atoms with E-state index in [0.717, 1.165) is 15.7 Å². The summed E-state index contributed by atoms with van der Waals surface area (Å²) in [6.45, 7) is 4.89. The van der Waals surface area contributed by atoms with Crippen LogP contribution in [0.15, 0.2) is 33.6 Å². The summed E-state index contributed by atoms with van der Waals surface area (Å²) >= 11 is 9.62. The molecule has 1 fully saturated rings. The van der Waals surface area contributed by atoms with Crippen molar-refractivity contribution < 1.29 is 8.42 Å². The molecule has 0 saturated carbocycles. The van der Waals surface area contributed by atoms with E-state index in [2.05, 4.69) is 25.9 Å². The number of aromatic nitrogens is 2. The summed E-state index contributed by atoms with van der Waals surface area (Å²) in [7, 11) is -1.62. The van der Waals surface area contributed by atoms with Crippen molar-refractivity contribution in [2.75, 3.05) is 26.2 Å². The van der Waals surface area contributed by atoms with Gasteiger partial charge in [0.1, 0.15) is 5.15 Å². The predicted octanol–water partition coefficient (Wildman–Crippen LogP) is 2.65. The Morgan fingerprint density at radius 3 is 2.28 bits per heavy atom. The van der Waals surface area contributed by atoms with Crippen LogP contribution in [-0.4, -0.2) is 53.6 Å². The summed E-state index contributed by atoms with van der Waals surface area (Å²) < 4.78 is 29.5. The lowest BCUT2D eigenvalue weighted by Crippen LogP contribution is -2.48. The van der Waals surface area contributed by atoms with Crippen LogP contribution in [0.2, 0.25) is 5.15 Å². The van der Waals surface area contributed by atoms with Gasteiger partial charge in [-0.3, -0.25) is 9.58 Å². The lowest BCUT2D eigenvalue weighted by atomic mass is 10.2. The number of halogens is 2. The quantitative estimate of drug-likeness (QED) is 0.723. The molecule has 2 aromatic rings. The van der Waals surface area contributed by atoms with Gasteiger partial charge in [0.15, 0.2) is 0 Å². The van der Waals surface area contributed by atoms with Crippen molar-refractivity contribution in [3.63, 3.8) is 0 Å². The van der Waals surface area contributed by atoms with E-state index in [9.17, 15) is 8.42 Å². The maximum absolute atomic E-state index is 12.7. The third-order valence-corrected chi connectivity index (χ3v) is 7.35. The first-order valence-corrected chi connectivity index (χ1v) is 10.6. The van der Waals surface area contributed by atoms with Crippen molar-refractivity contribution in [2.24, 2.45) is 7.05 Å². The van der Waals surface area contributed by atoms with Gasteiger partial charge in [-0.15, -0.1) is 0 Å². The van der Waals surface area contributed by atoms with Crippen LogP contribution >= 0.6 is 27.5 Å². The Bertz CT molecular complexity index is 859. The number of hydrogen-bond acceptors (Lipinski definition) is 4. The van der Waals surface area contributed by atoms with Crippen molar-refractivity contribution in [2.45, 2.75) is 18.4 Å². The number of rotatable bonds is 4. The summed E-state index contributed by atoms with van der Waals surface area (Å²) in [5.41, 5.74) is 1.92. The zero-order valence-electron chi connectivity index (χ0n) is 14.1. The normalized spacial score (nSPS) is 17.1. The Morgan fingerprint density at radius 2 is 1.76 bits per heavy atom. The van der Waals surface area contributed by atoms with Crippen LogP contribution in [0.3, 0.4) is 0 Å². The largest absolute Gasteiger partial charge is 0.296 e. The topological polar surface area (TPSA) is 58.4 Å². The van der Waals surface area contributed by atoms with Gasteiger partial charge >= 0.3 is 0 Å². The summed E-state index contributed by atoms with van der Waals surface area (Å²) in [5, 5.41) is 4.97. The first-order valence-electron chi connectivity index (χ1n) is 7.95. The molecule has 0 spiro atoms. The van der Waals surface area contributed by atoms with Gasteiger partial charge in [-0.05, 0) is 31.2 Å². The van der Waals surface area contributed by atoms with Gasteiger partial charge in [-0.1, -0.05) is 27.5 Å². The molecule has 0 N–H and O–H groups in total. The molecule has 0 unspecified atom stereocenters. The van der Waals surface area contributed by atoms with Crippen molar-refractivity contribution in [3.05, 3.63) is 45.1 Å². The van der Waals surface area contributed by atoms with Gasteiger partial charge in [0.05, 0.1) is 10.6 Å². The van der Waals surface area contributed by atoms with Gasteiger partial charge in [0.2, 0.25) is 10.0 Å². The third kappa shape index (κ3) is 3.93. The van der Waals surface area contributed by atoms with Crippen molar-refractivity contribution in [3.8, 4) is 0 Å². The molecular weight excluding hydrogens is 428 g/mol. The first-order chi connectivity index (χ1) is 11.8. The van der Waals surface area contributed by atoms with Gasteiger partial charge < -0.3 is 0 Å². The van der Waals surface area contributed by atoms with Crippen LogP contribution in [-0.2, 0) is 23.6 Å². The molecule has 0 atom stereocenters. The fraction of sp³-hybridized carbons (Fsp3) is 0.438. The molecule has 0 radical (unpaired) electrons. The highest BCUT2D eigenvalue weighted by atomic mass is 79.9. The first kappa shape index (κ1) is 18.8. The molecule has 9 heteroatoms. The summed E-state index contributed by atoms with van der Waals surface area (Å²) in [6.07, 6.45) is 0. The van der Waals surface area contributed by atoms with Crippen molar-refractivity contribution >= 4 is 37.6 Å². The highest BCUT2D eigenvalue weighted by Crippen LogP contribution is 2.23. The molecule has 2 heterocycles. The molecule has 3 rings (SSSR count). The van der Waals surface area contributed by atoms with E-state index in [-0.39, 0.29) is 0 Å². The van der Waals surface area contributed by atoms with Crippen LogP contribution in [0, 0.1) is 6.92 Å². The van der Waals surface area contributed by atoms with E-state index >= 15 is 0 Å². The summed E-state index contributed by atoms with van der Waals surface area (Å²) in [5.74, 6) is 0. The lowest BCUT2D eigenvalue weighted by molar-refractivity contribution is 0.181. The average Bonchev–Trinajstić information content (AvgIpc) is 2.82. The fourth-order valence-electron chi connectivity index (χ4n) is 2.96. The standard InChI is InChI=1S/C16H20BrClN4O2S/c1-12-15(16(18)20(2)19-12)11-21-7-9-22(10-8-21)25(23,24)14-5-3-13(17)4-6-14/h3-6H,7-11H2,1-2H3. The van der Waals surface area contributed by atoms with Crippen molar-refractivity contribution in [1.82, 2.24) is 19.0 Å². The molecule has 1 aromatic heterocycles. The zero-order chi connectivity index (χ0) is 18.2. The maximum Gasteiger partial charge on any atom is 0.243 e. The number of nitrogens with zero attached hydrogens (tertiary/aromatic N) is 4. The van der Waals surface area contributed by atoms with E-state index in [1.54, 1.807) is 33.3 Å². The SMILES string of the molecule is Cc1nn(C)c(Cl)c1CN1CCN(S(=O)(=O)c2ccc(Br)cc2)CC1. The minimum absolute atomic E-state index is 0.329. The van der Waals surface area contributed by atoms with Gasteiger partial charge in [-0.2, -0.15) is 9.40 Å². The molecule has 25 heavy (non-hydrogen) atoms. The second kappa shape index (κ2) is 7.36. The number of hydrogen-bond donors (Lipinski definition) is 0. The average molecular weight is 448 g/mol. The molecular formula is C16H20BrClN4O2S. The maximum atomic E-state index is 12.7. The molecule has 1 saturated heterocycles. The van der Waals surface area contributed by atoms with Gasteiger partial charge in [0.25, 0.3) is 0 Å². The second-order valence-electron chi connectivity index (χ2n) is 6.11. The Morgan fingerprint density at radius 1 is 1.16 bits per heavy atom. The van der Waals surface area contributed by atoms with Crippen LogP contribution in [0.5, 0.6) is 0 Å². The van der Waals surface area contributed by atoms with E-state index in [4.69, 9.17) is 11.6 Å². The third-order valence-electron chi connectivity index (χ3n) is 4.43. The summed E-state index contributed by atoms with van der Waals surface area (Å²) in [4.78, 5) is 2.54. The van der Waals surface area contributed by atoms with Crippen molar-refractivity contribution in [1.29, 1.82) is 0 Å². The monoisotopic (exact) mass is 446 g/mol. The Labute approximate surface area is 161 Å².